The van der Waals surface area contributed by atoms with Crippen LogP contribution >= 0.6 is 11.3 Å². The van der Waals surface area contributed by atoms with Gasteiger partial charge in [-0.3, -0.25) is 9.36 Å². The molecule has 5 nitrogen and oxygen atoms in total. The molecule has 0 bridgehead atoms. The third kappa shape index (κ3) is 2.99. The fourth-order valence-electron chi connectivity index (χ4n) is 3.04. The van der Waals surface area contributed by atoms with Crippen LogP contribution in [-0.2, 0) is 10.0 Å². The minimum atomic E-state index is -3.70. The maximum atomic E-state index is 12.7. The van der Waals surface area contributed by atoms with Crippen LogP contribution in [0.5, 0.6) is 0 Å². The summed E-state index contributed by atoms with van der Waals surface area (Å²) in [5.74, 6) is 0. The van der Waals surface area contributed by atoms with E-state index in [1.54, 1.807) is 10.6 Å². The Labute approximate surface area is 160 Å². The number of nitrogens with one attached hydrogen (secondary N) is 1. The predicted molar refractivity (Wildman–Crippen MR) is 109 cm³/mol. The van der Waals surface area contributed by atoms with Crippen LogP contribution in [-0.4, -0.2) is 20.0 Å². The number of nitrogens with zero attached hydrogens (tertiary/aromatic N) is 1. The van der Waals surface area contributed by atoms with Crippen molar-refractivity contribution in [2.24, 2.45) is 0 Å². The molecule has 0 spiro atoms. The fourth-order valence-corrected chi connectivity index (χ4v) is 5.72. The molecule has 27 heavy (non-hydrogen) atoms. The highest BCUT2D eigenvalue weighted by molar-refractivity contribution is 7.92. The lowest BCUT2D eigenvalue weighted by Gasteiger charge is -2.07. The van der Waals surface area contributed by atoms with Crippen LogP contribution in [0.1, 0.15) is 0 Å². The predicted octanol–water partition coefficient (Wildman–Crippen LogP) is 3.63. The Bertz CT molecular complexity index is 1280. The first-order chi connectivity index (χ1) is 13.0. The average molecular weight is 396 g/mol. The molecule has 0 atom stereocenters. The molecule has 0 saturated carbocycles. The lowest BCUT2D eigenvalue weighted by molar-refractivity contribution is 0.590. The molecule has 4 rings (SSSR count). The van der Waals surface area contributed by atoms with Crippen molar-refractivity contribution >= 4 is 31.6 Å². The van der Waals surface area contributed by atoms with Crippen LogP contribution in [0.15, 0.2) is 81.8 Å². The van der Waals surface area contributed by atoms with Gasteiger partial charge >= 0.3 is 0 Å². The van der Waals surface area contributed by atoms with Gasteiger partial charge in [0.2, 0.25) is 0 Å². The van der Waals surface area contributed by atoms with Gasteiger partial charge < -0.3 is 0 Å². The van der Waals surface area contributed by atoms with Gasteiger partial charge in [0, 0.05) is 17.0 Å². The van der Waals surface area contributed by atoms with Crippen molar-refractivity contribution in [1.82, 2.24) is 9.29 Å². The maximum Gasteiger partial charge on any atom is 0.256 e. The second kappa shape index (κ2) is 6.77. The molecule has 0 fully saturated rings. The Morgan fingerprint density at radius 2 is 1.52 bits per heavy atom. The van der Waals surface area contributed by atoms with E-state index in [0.717, 1.165) is 22.3 Å². The van der Waals surface area contributed by atoms with Gasteiger partial charge in [-0.05, 0) is 30.8 Å². The number of sulfonamides is 1. The number of aromatic nitrogens is 1. The number of hydrogen-bond donors (Lipinski definition) is 1. The molecule has 7 heteroatoms. The lowest BCUT2D eigenvalue weighted by atomic mass is 10.1. The Balaban J connectivity index is 2.17. The van der Waals surface area contributed by atoms with Crippen molar-refractivity contribution in [1.29, 1.82) is 0 Å². The largest absolute Gasteiger partial charge is 0.269 e. The van der Waals surface area contributed by atoms with Crippen LogP contribution in [0.4, 0.5) is 0 Å². The highest BCUT2D eigenvalue weighted by Crippen LogP contribution is 2.41. The van der Waals surface area contributed by atoms with E-state index in [2.05, 4.69) is 4.72 Å². The van der Waals surface area contributed by atoms with E-state index in [1.165, 1.54) is 13.1 Å². The Morgan fingerprint density at radius 1 is 0.889 bits per heavy atom. The molecule has 0 amide bonds. The standard InChI is InChI=1S/C20H16N2O3S2/c1-21-27(24,25)20-18(14-8-4-2-5-9-14)16-12-13-17(23)22(19(16)26-20)15-10-6-3-7-11-15/h2-13,21H,1H3. The molecule has 0 saturated heterocycles. The summed E-state index contributed by atoms with van der Waals surface area (Å²) < 4.78 is 29.6. The fraction of sp³-hybridized carbons (Fsp3) is 0.0500. The van der Waals surface area contributed by atoms with Crippen LogP contribution in [0, 0.1) is 0 Å². The number of hydrogen-bond acceptors (Lipinski definition) is 4. The van der Waals surface area contributed by atoms with E-state index in [0.29, 0.717) is 16.1 Å². The van der Waals surface area contributed by atoms with E-state index in [-0.39, 0.29) is 9.77 Å². The molecule has 1 N–H and O–H groups in total. The van der Waals surface area contributed by atoms with Crippen LogP contribution < -0.4 is 10.3 Å². The van der Waals surface area contributed by atoms with Gasteiger partial charge in [0.15, 0.2) is 0 Å². The highest BCUT2D eigenvalue weighted by atomic mass is 32.2. The first kappa shape index (κ1) is 17.7. The maximum absolute atomic E-state index is 12.7. The first-order valence-corrected chi connectivity index (χ1v) is 10.6. The monoisotopic (exact) mass is 396 g/mol. The molecule has 2 heterocycles. The van der Waals surface area contributed by atoms with Gasteiger partial charge in [-0.15, -0.1) is 11.3 Å². The van der Waals surface area contributed by atoms with Crippen molar-refractivity contribution in [3.63, 3.8) is 0 Å². The topological polar surface area (TPSA) is 68.2 Å². The normalized spacial score (nSPS) is 11.7. The van der Waals surface area contributed by atoms with E-state index in [4.69, 9.17) is 0 Å². The molecule has 0 radical (unpaired) electrons. The number of fused-ring (bicyclic) bond motifs is 1. The Morgan fingerprint density at radius 3 is 2.15 bits per heavy atom. The second-order valence-electron chi connectivity index (χ2n) is 5.90. The van der Waals surface area contributed by atoms with Gasteiger partial charge in [-0.25, -0.2) is 13.1 Å². The molecule has 0 aliphatic carbocycles. The quantitative estimate of drug-likeness (QED) is 0.573. The molecule has 136 valence electrons. The number of para-hydroxylation sites is 1. The van der Waals surface area contributed by atoms with Crippen LogP contribution in [0.25, 0.3) is 27.0 Å². The van der Waals surface area contributed by atoms with Crippen molar-refractivity contribution in [2.45, 2.75) is 4.21 Å². The van der Waals surface area contributed by atoms with Crippen molar-refractivity contribution in [3.8, 4) is 16.8 Å². The molecule has 2 aromatic carbocycles. The Kier molecular flexibility index (Phi) is 4.43. The SMILES string of the molecule is CNS(=O)(=O)c1sc2c(ccc(=O)n2-c2ccccc2)c1-c1ccccc1. The molecular weight excluding hydrogens is 380 g/mol. The smallest absolute Gasteiger partial charge is 0.256 e. The summed E-state index contributed by atoms with van der Waals surface area (Å²) in [6.07, 6.45) is 0. The third-order valence-electron chi connectivity index (χ3n) is 4.30. The van der Waals surface area contributed by atoms with Gasteiger partial charge in [0.05, 0.1) is 5.69 Å². The summed E-state index contributed by atoms with van der Waals surface area (Å²) in [5, 5.41) is 0.725. The number of pyridine rings is 1. The number of rotatable bonds is 4. The van der Waals surface area contributed by atoms with Gasteiger partial charge in [0.1, 0.15) is 9.04 Å². The summed E-state index contributed by atoms with van der Waals surface area (Å²) in [5.41, 5.74) is 1.89. The van der Waals surface area contributed by atoms with E-state index in [1.807, 2.05) is 60.7 Å². The van der Waals surface area contributed by atoms with Crippen molar-refractivity contribution in [2.75, 3.05) is 7.05 Å². The van der Waals surface area contributed by atoms with Gasteiger partial charge in [0.25, 0.3) is 15.6 Å². The van der Waals surface area contributed by atoms with E-state index < -0.39 is 10.0 Å². The van der Waals surface area contributed by atoms with E-state index in [9.17, 15) is 13.2 Å². The second-order valence-corrected chi connectivity index (χ2v) is 8.98. The average Bonchev–Trinajstić information content (AvgIpc) is 3.09. The van der Waals surface area contributed by atoms with Crippen LogP contribution in [0.3, 0.4) is 0 Å². The van der Waals surface area contributed by atoms with Gasteiger partial charge in [-0.1, -0.05) is 48.5 Å². The third-order valence-corrected chi connectivity index (χ3v) is 7.42. The number of thiophene rings is 1. The van der Waals surface area contributed by atoms with Crippen molar-refractivity contribution in [3.05, 3.63) is 83.2 Å². The zero-order chi connectivity index (χ0) is 19.0. The first-order valence-electron chi connectivity index (χ1n) is 8.26. The number of benzene rings is 2. The molecule has 0 unspecified atom stereocenters. The molecule has 0 aliphatic heterocycles. The summed E-state index contributed by atoms with van der Waals surface area (Å²) >= 11 is 1.10. The van der Waals surface area contributed by atoms with Crippen LogP contribution in [0.2, 0.25) is 0 Å². The van der Waals surface area contributed by atoms with Crippen molar-refractivity contribution < 1.29 is 8.42 Å². The lowest BCUT2D eigenvalue weighted by Crippen LogP contribution is -2.18. The zero-order valence-electron chi connectivity index (χ0n) is 14.4. The Hall–Kier alpha value is -2.74. The minimum Gasteiger partial charge on any atom is -0.269 e. The summed E-state index contributed by atoms with van der Waals surface area (Å²) in [6.45, 7) is 0. The minimum absolute atomic E-state index is 0.196. The molecule has 2 aromatic heterocycles. The molecular formula is C20H16N2O3S2. The highest BCUT2D eigenvalue weighted by Gasteiger charge is 2.25. The summed E-state index contributed by atoms with van der Waals surface area (Å²) in [7, 11) is -2.31. The zero-order valence-corrected chi connectivity index (χ0v) is 16.0. The molecule has 0 aliphatic rings. The van der Waals surface area contributed by atoms with Gasteiger partial charge in [-0.2, -0.15) is 0 Å². The summed E-state index contributed by atoms with van der Waals surface area (Å²) in [6, 6.07) is 21.7. The summed E-state index contributed by atoms with van der Waals surface area (Å²) in [4.78, 5) is 13.2. The van der Waals surface area contributed by atoms with E-state index >= 15 is 0 Å². The molecule has 4 aromatic rings.